The van der Waals surface area contributed by atoms with Gasteiger partial charge >= 0.3 is 0 Å². The van der Waals surface area contributed by atoms with Crippen LogP contribution < -0.4 is 4.74 Å². The monoisotopic (exact) mass is 366 g/mol. The molecule has 2 aromatic rings. The Kier molecular flexibility index (Phi) is 6.59. The Hall–Kier alpha value is -2.42. The van der Waals surface area contributed by atoms with E-state index in [1.807, 2.05) is 0 Å². The average Bonchev–Trinajstić information content (AvgIpc) is 2.65. The number of carbonyl (C=O) groups is 2. The molecule has 0 atom stereocenters. The molecule has 0 aliphatic rings. The summed E-state index contributed by atoms with van der Waals surface area (Å²) in [6, 6.07) is 11.2. The highest BCUT2D eigenvalue weighted by atomic mass is 16.5. The Balaban J connectivity index is 2.35. The zero-order chi connectivity index (χ0) is 20.2. The van der Waals surface area contributed by atoms with Crippen LogP contribution >= 0.6 is 0 Å². The molecule has 3 heteroatoms. The Morgan fingerprint density at radius 1 is 0.889 bits per heavy atom. The lowest BCUT2D eigenvalue weighted by atomic mass is 9.81. The number of hydrogen-bond donors (Lipinski definition) is 0. The fourth-order valence-electron chi connectivity index (χ4n) is 3.23. The first kappa shape index (κ1) is 20.9. The van der Waals surface area contributed by atoms with Gasteiger partial charge in [-0.1, -0.05) is 46.8 Å². The van der Waals surface area contributed by atoms with Gasteiger partial charge in [0.05, 0.1) is 13.5 Å². The molecule has 27 heavy (non-hydrogen) atoms. The molecular weight excluding hydrogens is 336 g/mol. The smallest absolute Gasteiger partial charge is 0.171 e. The van der Waals surface area contributed by atoms with Crippen molar-refractivity contribution in [2.75, 3.05) is 7.11 Å². The third-order valence-electron chi connectivity index (χ3n) is 4.94. The van der Waals surface area contributed by atoms with Crippen LogP contribution in [0.5, 0.6) is 5.75 Å². The minimum absolute atomic E-state index is 0.0222. The summed E-state index contributed by atoms with van der Waals surface area (Å²) < 4.78 is 5.12. The van der Waals surface area contributed by atoms with Crippen LogP contribution in [0.15, 0.2) is 36.4 Å². The SMILES string of the molecule is CCc1cc(C(C)(C)C)cc(CC)c1C(=O)CC(=O)c1ccc(OC)cc1. The van der Waals surface area contributed by atoms with Crippen LogP contribution in [-0.4, -0.2) is 18.7 Å². The minimum Gasteiger partial charge on any atom is -0.497 e. The molecule has 144 valence electrons. The fraction of sp³-hybridized carbons (Fsp3) is 0.417. The van der Waals surface area contributed by atoms with Crippen LogP contribution in [0.3, 0.4) is 0 Å². The summed E-state index contributed by atoms with van der Waals surface area (Å²) in [5.74, 6) is 0.439. The third-order valence-corrected chi connectivity index (χ3v) is 4.94. The molecule has 0 radical (unpaired) electrons. The lowest BCUT2D eigenvalue weighted by molar-refractivity contribution is 0.0893. The van der Waals surface area contributed by atoms with Crippen LogP contribution in [0.2, 0.25) is 0 Å². The Morgan fingerprint density at radius 3 is 1.81 bits per heavy atom. The topological polar surface area (TPSA) is 43.4 Å². The molecule has 2 rings (SSSR count). The quantitative estimate of drug-likeness (QED) is 0.475. The molecule has 0 N–H and O–H groups in total. The molecular formula is C24H30O3. The molecule has 0 saturated carbocycles. The first-order valence-electron chi connectivity index (χ1n) is 9.58. The number of aryl methyl sites for hydroxylation is 2. The van der Waals surface area contributed by atoms with Gasteiger partial charge in [-0.2, -0.15) is 0 Å². The molecule has 0 bridgehead atoms. The van der Waals surface area contributed by atoms with Gasteiger partial charge in [0, 0.05) is 11.1 Å². The van der Waals surface area contributed by atoms with E-state index in [0.717, 1.165) is 29.5 Å². The van der Waals surface area contributed by atoms with Crippen molar-refractivity contribution in [3.8, 4) is 5.75 Å². The first-order valence-corrected chi connectivity index (χ1v) is 9.58. The van der Waals surface area contributed by atoms with Gasteiger partial charge in [0.15, 0.2) is 11.6 Å². The van der Waals surface area contributed by atoms with Gasteiger partial charge in [-0.15, -0.1) is 0 Å². The number of ketones is 2. The molecule has 2 aromatic carbocycles. The van der Waals surface area contributed by atoms with Crippen LogP contribution in [0, 0.1) is 0 Å². The highest BCUT2D eigenvalue weighted by Gasteiger charge is 2.23. The number of ether oxygens (including phenoxy) is 1. The largest absolute Gasteiger partial charge is 0.497 e. The normalized spacial score (nSPS) is 11.3. The number of hydrogen-bond acceptors (Lipinski definition) is 3. The van der Waals surface area contributed by atoms with Gasteiger partial charge in [-0.05, 0) is 59.2 Å². The first-order chi connectivity index (χ1) is 12.7. The zero-order valence-electron chi connectivity index (χ0n) is 17.3. The Bertz CT molecular complexity index is 799. The van der Waals surface area contributed by atoms with E-state index in [1.165, 1.54) is 5.56 Å². The van der Waals surface area contributed by atoms with Gasteiger partial charge in [0.25, 0.3) is 0 Å². The van der Waals surface area contributed by atoms with E-state index in [-0.39, 0.29) is 23.4 Å². The maximum Gasteiger partial charge on any atom is 0.171 e. The summed E-state index contributed by atoms with van der Waals surface area (Å²) in [5.41, 5.74) is 4.59. The van der Waals surface area contributed by atoms with E-state index >= 15 is 0 Å². The van der Waals surface area contributed by atoms with Crippen molar-refractivity contribution < 1.29 is 14.3 Å². The summed E-state index contributed by atoms with van der Waals surface area (Å²) >= 11 is 0. The zero-order valence-corrected chi connectivity index (χ0v) is 17.3. The van der Waals surface area contributed by atoms with Gasteiger partial charge < -0.3 is 4.74 Å². The van der Waals surface area contributed by atoms with Crippen LogP contribution in [0.1, 0.15) is 78.4 Å². The lowest BCUT2D eigenvalue weighted by Gasteiger charge is -2.23. The van der Waals surface area contributed by atoms with E-state index in [0.29, 0.717) is 11.3 Å². The predicted octanol–water partition coefficient (Wildman–Crippen LogP) is 5.57. The predicted molar refractivity (Wildman–Crippen MR) is 110 cm³/mol. The standard InChI is InChI=1S/C24H30O3/c1-7-16-13-19(24(3,4)5)14-17(8-2)23(16)22(26)15-21(25)18-9-11-20(27-6)12-10-18/h9-14H,7-8,15H2,1-6H3. The number of benzene rings is 2. The van der Waals surface area contributed by atoms with E-state index in [1.54, 1.807) is 31.4 Å². The second kappa shape index (κ2) is 8.51. The molecule has 0 aliphatic carbocycles. The number of Topliss-reactive ketones (excluding diaryl/α,β-unsaturated/α-hetero) is 2. The van der Waals surface area contributed by atoms with Crippen LogP contribution in [0.4, 0.5) is 0 Å². The molecule has 0 spiro atoms. The second-order valence-electron chi connectivity index (χ2n) is 7.88. The summed E-state index contributed by atoms with van der Waals surface area (Å²) in [6.07, 6.45) is 1.44. The van der Waals surface area contributed by atoms with Gasteiger partial charge in [-0.25, -0.2) is 0 Å². The minimum atomic E-state index is -0.161. The van der Waals surface area contributed by atoms with Crippen molar-refractivity contribution in [3.05, 3.63) is 64.2 Å². The van der Waals surface area contributed by atoms with E-state index in [4.69, 9.17) is 4.74 Å². The van der Waals surface area contributed by atoms with E-state index in [2.05, 4.69) is 46.8 Å². The van der Waals surface area contributed by atoms with Gasteiger partial charge in [0.1, 0.15) is 5.75 Å². The molecule has 0 aliphatic heterocycles. The number of methoxy groups -OCH3 is 1. The van der Waals surface area contributed by atoms with E-state index in [9.17, 15) is 9.59 Å². The summed E-state index contributed by atoms with van der Waals surface area (Å²) in [7, 11) is 1.58. The molecule has 0 fully saturated rings. The average molecular weight is 367 g/mol. The highest BCUT2D eigenvalue weighted by Crippen LogP contribution is 2.29. The van der Waals surface area contributed by atoms with Crippen molar-refractivity contribution in [1.82, 2.24) is 0 Å². The highest BCUT2D eigenvalue weighted by molar-refractivity contribution is 6.14. The van der Waals surface area contributed by atoms with Crippen molar-refractivity contribution >= 4 is 11.6 Å². The Labute approximate surface area is 162 Å². The maximum atomic E-state index is 13.0. The van der Waals surface area contributed by atoms with E-state index < -0.39 is 0 Å². The Morgan fingerprint density at radius 2 is 1.41 bits per heavy atom. The van der Waals surface area contributed by atoms with Crippen molar-refractivity contribution in [1.29, 1.82) is 0 Å². The fourth-order valence-corrected chi connectivity index (χ4v) is 3.23. The molecule has 0 unspecified atom stereocenters. The number of rotatable bonds is 7. The summed E-state index contributed by atoms with van der Waals surface area (Å²) in [4.78, 5) is 25.6. The maximum absolute atomic E-state index is 13.0. The molecule has 0 amide bonds. The third kappa shape index (κ3) is 4.85. The number of carbonyl (C=O) groups excluding carboxylic acids is 2. The van der Waals surface area contributed by atoms with Gasteiger partial charge in [0.2, 0.25) is 0 Å². The van der Waals surface area contributed by atoms with Crippen molar-refractivity contribution in [3.63, 3.8) is 0 Å². The summed E-state index contributed by atoms with van der Waals surface area (Å²) in [5, 5.41) is 0. The molecule has 0 heterocycles. The van der Waals surface area contributed by atoms with Gasteiger partial charge in [-0.3, -0.25) is 9.59 Å². The van der Waals surface area contributed by atoms with Crippen molar-refractivity contribution in [2.45, 2.75) is 59.3 Å². The molecule has 0 aromatic heterocycles. The molecule has 0 saturated heterocycles. The summed E-state index contributed by atoms with van der Waals surface area (Å²) in [6.45, 7) is 10.6. The van der Waals surface area contributed by atoms with Crippen LogP contribution in [-0.2, 0) is 18.3 Å². The van der Waals surface area contributed by atoms with Crippen molar-refractivity contribution in [2.24, 2.45) is 0 Å². The van der Waals surface area contributed by atoms with Crippen LogP contribution in [0.25, 0.3) is 0 Å². The second-order valence-corrected chi connectivity index (χ2v) is 7.88. The molecule has 3 nitrogen and oxygen atoms in total. The lowest BCUT2D eigenvalue weighted by Crippen LogP contribution is -2.17.